The molecule has 0 radical (unpaired) electrons. The first kappa shape index (κ1) is 13.7. The maximum absolute atomic E-state index is 13.1. The number of aromatic nitrogens is 2. The Bertz CT molecular complexity index is 548. The van der Waals surface area contributed by atoms with Crippen LogP contribution in [0.25, 0.3) is 0 Å². The third-order valence-corrected chi connectivity index (χ3v) is 3.44. The first-order valence-electron chi connectivity index (χ1n) is 6.51. The van der Waals surface area contributed by atoms with Gasteiger partial charge in [-0.05, 0) is 55.6 Å². The van der Waals surface area contributed by atoms with Crippen LogP contribution in [0.5, 0.6) is 0 Å². The van der Waals surface area contributed by atoms with Crippen LogP contribution in [0, 0.1) is 12.7 Å². The molecule has 0 saturated carbocycles. The molecule has 1 aromatic heterocycles. The molecule has 0 saturated heterocycles. The topological polar surface area (TPSA) is 29.9 Å². The number of hydrogen-bond acceptors (Lipinski definition) is 2. The van der Waals surface area contributed by atoms with Crippen molar-refractivity contribution in [1.29, 1.82) is 0 Å². The first-order chi connectivity index (χ1) is 9.10. The van der Waals surface area contributed by atoms with E-state index in [0.29, 0.717) is 0 Å². The van der Waals surface area contributed by atoms with Gasteiger partial charge in [0.05, 0.1) is 6.20 Å². The summed E-state index contributed by atoms with van der Waals surface area (Å²) in [6, 6.07) is 5.22. The van der Waals surface area contributed by atoms with Crippen LogP contribution in [0.3, 0.4) is 0 Å². The zero-order chi connectivity index (χ0) is 13.8. The van der Waals surface area contributed by atoms with E-state index in [2.05, 4.69) is 10.4 Å². The van der Waals surface area contributed by atoms with Crippen molar-refractivity contribution in [1.82, 2.24) is 15.1 Å². The highest BCUT2D eigenvalue weighted by atomic mass is 19.1. The van der Waals surface area contributed by atoms with Crippen molar-refractivity contribution in [2.75, 3.05) is 7.05 Å². The van der Waals surface area contributed by atoms with E-state index in [1.54, 1.807) is 6.07 Å². The Labute approximate surface area is 113 Å². The third-order valence-electron chi connectivity index (χ3n) is 3.44. The molecule has 19 heavy (non-hydrogen) atoms. The lowest BCUT2D eigenvalue weighted by atomic mass is 9.96. The largest absolute Gasteiger partial charge is 0.313 e. The van der Waals surface area contributed by atoms with Crippen molar-refractivity contribution >= 4 is 0 Å². The Morgan fingerprint density at radius 3 is 2.79 bits per heavy atom. The van der Waals surface area contributed by atoms with Gasteiger partial charge in [0.1, 0.15) is 5.82 Å². The van der Waals surface area contributed by atoms with Crippen LogP contribution in [-0.2, 0) is 13.5 Å². The van der Waals surface area contributed by atoms with Gasteiger partial charge in [0.15, 0.2) is 0 Å². The van der Waals surface area contributed by atoms with E-state index in [9.17, 15) is 4.39 Å². The first-order valence-corrected chi connectivity index (χ1v) is 6.51. The summed E-state index contributed by atoms with van der Waals surface area (Å²) in [4.78, 5) is 0. The summed E-state index contributed by atoms with van der Waals surface area (Å²) in [5, 5.41) is 7.47. The fourth-order valence-electron chi connectivity index (χ4n) is 2.40. The summed E-state index contributed by atoms with van der Waals surface area (Å²) >= 11 is 0. The highest BCUT2D eigenvalue weighted by Crippen LogP contribution is 2.22. The fourth-order valence-corrected chi connectivity index (χ4v) is 2.40. The van der Waals surface area contributed by atoms with Crippen molar-refractivity contribution in [3.63, 3.8) is 0 Å². The van der Waals surface area contributed by atoms with E-state index in [1.165, 1.54) is 11.6 Å². The molecule has 1 atom stereocenters. The van der Waals surface area contributed by atoms with Gasteiger partial charge in [-0.15, -0.1) is 0 Å². The minimum Gasteiger partial charge on any atom is -0.313 e. The molecule has 0 aliphatic carbocycles. The smallest absolute Gasteiger partial charge is 0.123 e. The summed E-state index contributed by atoms with van der Waals surface area (Å²) in [5.41, 5.74) is 3.38. The Hall–Kier alpha value is -1.68. The van der Waals surface area contributed by atoms with Crippen LogP contribution < -0.4 is 5.32 Å². The summed E-state index contributed by atoms with van der Waals surface area (Å²) in [7, 11) is 3.86. The van der Waals surface area contributed by atoms with Crippen molar-refractivity contribution in [2.45, 2.75) is 25.8 Å². The van der Waals surface area contributed by atoms with Crippen LogP contribution in [-0.4, -0.2) is 16.8 Å². The van der Waals surface area contributed by atoms with Crippen LogP contribution in [0.15, 0.2) is 30.6 Å². The third kappa shape index (κ3) is 3.41. The second-order valence-electron chi connectivity index (χ2n) is 4.90. The molecule has 102 valence electrons. The Balaban J connectivity index is 2.07. The van der Waals surface area contributed by atoms with Crippen molar-refractivity contribution in [3.8, 4) is 0 Å². The predicted molar refractivity (Wildman–Crippen MR) is 74.5 cm³/mol. The van der Waals surface area contributed by atoms with E-state index in [-0.39, 0.29) is 11.9 Å². The lowest BCUT2D eigenvalue weighted by molar-refractivity contribution is 0.543. The second kappa shape index (κ2) is 5.97. The Morgan fingerprint density at radius 2 is 2.21 bits per heavy atom. The number of hydrogen-bond donors (Lipinski definition) is 1. The van der Waals surface area contributed by atoms with E-state index in [0.717, 1.165) is 24.0 Å². The minimum atomic E-state index is -0.177. The number of halogens is 1. The summed E-state index contributed by atoms with van der Waals surface area (Å²) < 4.78 is 14.9. The van der Waals surface area contributed by atoms with Crippen molar-refractivity contribution in [3.05, 3.63) is 53.1 Å². The normalized spacial score (nSPS) is 12.6. The summed E-state index contributed by atoms with van der Waals surface area (Å²) in [6.45, 7) is 1.95. The van der Waals surface area contributed by atoms with Gasteiger partial charge in [-0.2, -0.15) is 5.10 Å². The molecule has 2 aromatic rings. The van der Waals surface area contributed by atoms with Crippen molar-refractivity contribution < 1.29 is 4.39 Å². The summed E-state index contributed by atoms with van der Waals surface area (Å²) in [6.07, 6.45) is 5.85. The molecular weight excluding hydrogens is 241 g/mol. The number of nitrogens with one attached hydrogen (secondary N) is 1. The van der Waals surface area contributed by atoms with Gasteiger partial charge in [0.2, 0.25) is 0 Å². The molecule has 4 heteroatoms. The van der Waals surface area contributed by atoms with Gasteiger partial charge in [-0.3, -0.25) is 4.68 Å². The molecule has 0 amide bonds. The molecule has 1 unspecified atom stereocenters. The van der Waals surface area contributed by atoms with E-state index < -0.39 is 0 Å². The highest BCUT2D eigenvalue weighted by molar-refractivity contribution is 5.29. The van der Waals surface area contributed by atoms with Crippen LogP contribution >= 0.6 is 0 Å². The lowest BCUT2D eigenvalue weighted by Crippen LogP contribution is -2.18. The molecular formula is C15H20FN3. The molecule has 1 heterocycles. The number of rotatable bonds is 5. The van der Waals surface area contributed by atoms with E-state index in [1.807, 2.05) is 44.2 Å². The van der Waals surface area contributed by atoms with E-state index >= 15 is 0 Å². The molecule has 0 aliphatic rings. The second-order valence-corrected chi connectivity index (χ2v) is 4.90. The quantitative estimate of drug-likeness (QED) is 0.897. The maximum Gasteiger partial charge on any atom is 0.123 e. The molecule has 1 aromatic carbocycles. The van der Waals surface area contributed by atoms with Crippen LogP contribution in [0.1, 0.15) is 29.2 Å². The van der Waals surface area contributed by atoms with Gasteiger partial charge in [-0.25, -0.2) is 4.39 Å². The molecule has 0 fully saturated rings. The highest BCUT2D eigenvalue weighted by Gasteiger charge is 2.12. The van der Waals surface area contributed by atoms with Gasteiger partial charge >= 0.3 is 0 Å². The molecule has 2 rings (SSSR count). The molecule has 3 nitrogen and oxygen atoms in total. The average Bonchev–Trinajstić information content (AvgIpc) is 2.78. The monoisotopic (exact) mass is 261 g/mol. The molecule has 1 N–H and O–H groups in total. The average molecular weight is 261 g/mol. The standard InChI is InChI=1S/C15H20FN3/c1-11-8-13(16)5-6-14(11)15(17-2)7-4-12-9-18-19(3)10-12/h5-6,8-10,15,17H,4,7H2,1-3H3. The minimum absolute atomic E-state index is 0.177. The number of nitrogens with zero attached hydrogens (tertiary/aromatic N) is 2. The van der Waals surface area contributed by atoms with Crippen LogP contribution in [0.2, 0.25) is 0 Å². The zero-order valence-corrected chi connectivity index (χ0v) is 11.7. The molecule has 0 aliphatic heterocycles. The van der Waals surface area contributed by atoms with Gasteiger partial charge < -0.3 is 5.32 Å². The SMILES string of the molecule is CNC(CCc1cnn(C)c1)c1ccc(F)cc1C. The lowest BCUT2D eigenvalue weighted by Gasteiger charge is -2.18. The molecule has 0 spiro atoms. The van der Waals surface area contributed by atoms with Gasteiger partial charge in [0, 0.05) is 19.3 Å². The fraction of sp³-hybridized carbons (Fsp3) is 0.400. The Morgan fingerprint density at radius 1 is 1.42 bits per heavy atom. The van der Waals surface area contributed by atoms with Crippen molar-refractivity contribution in [2.24, 2.45) is 7.05 Å². The summed E-state index contributed by atoms with van der Waals surface area (Å²) in [5.74, 6) is -0.177. The Kier molecular flexibility index (Phi) is 4.32. The predicted octanol–water partition coefficient (Wildman–Crippen LogP) is 2.76. The van der Waals surface area contributed by atoms with Gasteiger partial charge in [0.25, 0.3) is 0 Å². The maximum atomic E-state index is 13.1. The van der Waals surface area contributed by atoms with Gasteiger partial charge in [-0.1, -0.05) is 6.07 Å². The van der Waals surface area contributed by atoms with Crippen LogP contribution in [0.4, 0.5) is 4.39 Å². The number of aryl methyl sites for hydroxylation is 3. The van der Waals surface area contributed by atoms with E-state index in [4.69, 9.17) is 0 Å². The molecule has 0 bridgehead atoms. The zero-order valence-electron chi connectivity index (χ0n) is 11.7. The number of benzene rings is 1.